The van der Waals surface area contributed by atoms with E-state index in [1.807, 2.05) is 6.92 Å². The van der Waals surface area contributed by atoms with Gasteiger partial charge in [-0.1, -0.05) is 0 Å². The average molecular weight is 396 g/mol. The topological polar surface area (TPSA) is 60.9 Å². The molecule has 28 heavy (non-hydrogen) atoms. The predicted octanol–water partition coefficient (Wildman–Crippen LogP) is 3.17. The SMILES string of the molecule is CCOc1ccc(OCC(=O)N2CC(Oc3ncccc3C(F)(F)F)C2)cc1. The third kappa shape index (κ3) is 4.85. The molecule has 0 unspecified atom stereocenters. The molecule has 1 amide bonds. The molecule has 0 aliphatic carbocycles. The number of carbonyl (C=O) groups is 1. The Balaban J connectivity index is 1.46. The largest absolute Gasteiger partial charge is 0.494 e. The Hall–Kier alpha value is -2.97. The van der Waals surface area contributed by atoms with Crippen LogP contribution < -0.4 is 14.2 Å². The Bertz CT molecular complexity index is 806. The summed E-state index contributed by atoms with van der Waals surface area (Å²) in [4.78, 5) is 17.2. The second kappa shape index (κ2) is 8.37. The summed E-state index contributed by atoms with van der Waals surface area (Å²) in [6.45, 7) is 2.63. The van der Waals surface area contributed by atoms with Gasteiger partial charge in [0.2, 0.25) is 5.88 Å². The molecule has 2 aromatic rings. The van der Waals surface area contributed by atoms with Crippen molar-refractivity contribution >= 4 is 5.91 Å². The predicted molar refractivity (Wildman–Crippen MR) is 93.3 cm³/mol. The number of ether oxygens (including phenoxy) is 3. The summed E-state index contributed by atoms with van der Waals surface area (Å²) in [6.07, 6.45) is -3.85. The van der Waals surface area contributed by atoms with E-state index in [1.54, 1.807) is 24.3 Å². The van der Waals surface area contributed by atoms with E-state index in [0.717, 1.165) is 6.07 Å². The number of pyridine rings is 1. The van der Waals surface area contributed by atoms with Gasteiger partial charge in [-0.3, -0.25) is 4.79 Å². The van der Waals surface area contributed by atoms with Crippen molar-refractivity contribution in [3.63, 3.8) is 0 Å². The number of benzene rings is 1. The molecule has 0 N–H and O–H groups in total. The van der Waals surface area contributed by atoms with Gasteiger partial charge in [-0.05, 0) is 43.3 Å². The number of hydrogen-bond acceptors (Lipinski definition) is 5. The first-order valence-corrected chi connectivity index (χ1v) is 8.69. The highest BCUT2D eigenvalue weighted by molar-refractivity contribution is 5.78. The lowest BCUT2D eigenvalue weighted by atomic mass is 10.1. The molecule has 2 heterocycles. The number of nitrogens with zero attached hydrogens (tertiary/aromatic N) is 2. The molecule has 6 nitrogen and oxygen atoms in total. The number of hydrogen-bond donors (Lipinski definition) is 0. The molecule has 0 spiro atoms. The second-order valence-electron chi connectivity index (χ2n) is 6.09. The lowest BCUT2D eigenvalue weighted by molar-refractivity contribution is -0.146. The van der Waals surface area contributed by atoms with E-state index in [1.165, 1.54) is 17.2 Å². The molecule has 0 atom stereocenters. The molecule has 0 bridgehead atoms. The summed E-state index contributed by atoms with van der Waals surface area (Å²) in [7, 11) is 0. The first-order valence-electron chi connectivity index (χ1n) is 8.69. The van der Waals surface area contributed by atoms with Crippen LogP contribution in [0.5, 0.6) is 17.4 Å². The molecule has 1 aliphatic rings. The fourth-order valence-electron chi connectivity index (χ4n) is 2.61. The van der Waals surface area contributed by atoms with Crippen molar-refractivity contribution in [3.8, 4) is 17.4 Å². The number of carbonyl (C=O) groups excluding carboxylic acids is 1. The van der Waals surface area contributed by atoms with Crippen LogP contribution in [0.2, 0.25) is 0 Å². The molecule has 1 saturated heterocycles. The first-order chi connectivity index (χ1) is 13.4. The summed E-state index contributed by atoms with van der Waals surface area (Å²) in [5, 5.41) is 0. The molecule has 1 aromatic carbocycles. The Morgan fingerprint density at radius 3 is 2.39 bits per heavy atom. The van der Waals surface area contributed by atoms with Crippen molar-refractivity contribution in [1.82, 2.24) is 9.88 Å². The minimum absolute atomic E-state index is 0.169. The standard InChI is InChI=1S/C19H19F3N2O4/c1-2-26-13-5-7-14(8-6-13)27-12-17(25)24-10-15(11-24)28-18-16(19(20,21)22)4-3-9-23-18/h3-9,15H,2,10-12H2,1H3. The average Bonchev–Trinajstić information content (AvgIpc) is 2.63. The Morgan fingerprint density at radius 1 is 1.14 bits per heavy atom. The highest BCUT2D eigenvalue weighted by Crippen LogP contribution is 2.35. The maximum atomic E-state index is 12.9. The molecule has 3 rings (SSSR count). The highest BCUT2D eigenvalue weighted by Gasteiger charge is 2.38. The van der Waals surface area contributed by atoms with Crippen molar-refractivity contribution in [2.24, 2.45) is 0 Å². The first kappa shape index (κ1) is 19.8. The van der Waals surface area contributed by atoms with Crippen LogP contribution in [-0.2, 0) is 11.0 Å². The molecule has 150 valence electrons. The fourth-order valence-corrected chi connectivity index (χ4v) is 2.61. The van der Waals surface area contributed by atoms with Crippen LogP contribution in [0.3, 0.4) is 0 Å². The number of rotatable bonds is 7. The molecule has 1 aliphatic heterocycles. The minimum Gasteiger partial charge on any atom is -0.494 e. The molecule has 0 radical (unpaired) electrons. The highest BCUT2D eigenvalue weighted by atomic mass is 19.4. The van der Waals surface area contributed by atoms with Crippen LogP contribution in [0.25, 0.3) is 0 Å². The number of alkyl halides is 3. The number of aromatic nitrogens is 1. The molecule has 1 fully saturated rings. The van der Waals surface area contributed by atoms with Crippen LogP contribution in [0.4, 0.5) is 13.2 Å². The molecular weight excluding hydrogens is 377 g/mol. The summed E-state index contributed by atoms with van der Waals surface area (Å²) in [5.74, 6) is 0.480. The van der Waals surface area contributed by atoms with Crippen molar-refractivity contribution < 1.29 is 32.2 Å². The van der Waals surface area contributed by atoms with Crippen molar-refractivity contribution in [2.45, 2.75) is 19.2 Å². The maximum Gasteiger partial charge on any atom is 0.421 e. The lowest BCUT2D eigenvalue weighted by Crippen LogP contribution is -2.57. The van der Waals surface area contributed by atoms with Crippen LogP contribution in [0.15, 0.2) is 42.6 Å². The van der Waals surface area contributed by atoms with E-state index in [0.29, 0.717) is 18.1 Å². The molecule has 0 saturated carbocycles. The van der Waals surface area contributed by atoms with Crippen LogP contribution >= 0.6 is 0 Å². The van der Waals surface area contributed by atoms with E-state index in [2.05, 4.69) is 4.98 Å². The lowest BCUT2D eigenvalue weighted by Gasteiger charge is -2.38. The van der Waals surface area contributed by atoms with Gasteiger partial charge in [-0.25, -0.2) is 4.98 Å². The van der Waals surface area contributed by atoms with E-state index >= 15 is 0 Å². The van der Waals surface area contributed by atoms with Gasteiger partial charge in [0.1, 0.15) is 23.2 Å². The number of halogens is 3. The van der Waals surface area contributed by atoms with Gasteiger partial charge >= 0.3 is 6.18 Å². The van der Waals surface area contributed by atoms with Crippen LogP contribution in [0, 0.1) is 0 Å². The van der Waals surface area contributed by atoms with Crippen LogP contribution in [-0.4, -0.2) is 48.2 Å². The molecule has 9 heteroatoms. The van der Waals surface area contributed by atoms with Gasteiger partial charge in [0, 0.05) is 6.20 Å². The second-order valence-corrected chi connectivity index (χ2v) is 6.09. The molecular formula is C19H19F3N2O4. The summed E-state index contributed by atoms with van der Waals surface area (Å²) >= 11 is 0. The van der Waals surface area contributed by atoms with Gasteiger partial charge in [-0.2, -0.15) is 13.2 Å². The normalized spacial score (nSPS) is 14.4. The third-order valence-electron chi connectivity index (χ3n) is 4.05. The van der Waals surface area contributed by atoms with Crippen molar-refractivity contribution in [2.75, 3.05) is 26.3 Å². The zero-order chi connectivity index (χ0) is 20.1. The monoisotopic (exact) mass is 396 g/mol. The van der Waals surface area contributed by atoms with Gasteiger partial charge in [-0.15, -0.1) is 0 Å². The van der Waals surface area contributed by atoms with Gasteiger partial charge in [0.15, 0.2) is 6.61 Å². The Kier molecular flexibility index (Phi) is 5.91. The third-order valence-corrected chi connectivity index (χ3v) is 4.05. The number of likely N-dealkylation sites (tertiary alicyclic amines) is 1. The zero-order valence-electron chi connectivity index (χ0n) is 15.1. The smallest absolute Gasteiger partial charge is 0.421 e. The Labute approximate surface area is 159 Å². The number of amides is 1. The van der Waals surface area contributed by atoms with E-state index in [9.17, 15) is 18.0 Å². The van der Waals surface area contributed by atoms with Crippen molar-refractivity contribution in [3.05, 3.63) is 48.2 Å². The van der Waals surface area contributed by atoms with Crippen molar-refractivity contribution in [1.29, 1.82) is 0 Å². The van der Waals surface area contributed by atoms with Gasteiger partial charge in [0.25, 0.3) is 5.91 Å². The Morgan fingerprint density at radius 2 is 1.79 bits per heavy atom. The summed E-state index contributed by atoms with van der Waals surface area (Å²) in [5.41, 5.74) is -0.932. The quantitative estimate of drug-likeness (QED) is 0.720. The van der Waals surface area contributed by atoms with E-state index in [4.69, 9.17) is 14.2 Å². The summed E-state index contributed by atoms with van der Waals surface area (Å²) < 4.78 is 54.9. The maximum absolute atomic E-state index is 12.9. The molecule has 1 aromatic heterocycles. The van der Waals surface area contributed by atoms with Gasteiger partial charge < -0.3 is 19.1 Å². The van der Waals surface area contributed by atoms with E-state index in [-0.39, 0.29) is 25.6 Å². The minimum atomic E-state index is -4.55. The van der Waals surface area contributed by atoms with E-state index < -0.39 is 23.7 Å². The zero-order valence-corrected chi connectivity index (χ0v) is 15.1. The van der Waals surface area contributed by atoms with Crippen LogP contribution in [0.1, 0.15) is 12.5 Å². The fraction of sp³-hybridized carbons (Fsp3) is 0.368. The van der Waals surface area contributed by atoms with Gasteiger partial charge in [0.05, 0.1) is 19.7 Å². The summed E-state index contributed by atoms with van der Waals surface area (Å²) in [6, 6.07) is 8.98.